The zero-order chi connectivity index (χ0) is 19.6. The van der Waals surface area contributed by atoms with Crippen molar-refractivity contribution in [3.63, 3.8) is 0 Å². The highest BCUT2D eigenvalue weighted by molar-refractivity contribution is 5.80. The molecule has 0 spiro atoms. The van der Waals surface area contributed by atoms with Gasteiger partial charge in [0.25, 0.3) is 0 Å². The van der Waals surface area contributed by atoms with Gasteiger partial charge >= 0.3 is 0 Å². The van der Waals surface area contributed by atoms with Crippen LogP contribution < -0.4 is 9.80 Å². The third-order valence-electron chi connectivity index (χ3n) is 6.46. The van der Waals surface area contributed by atoms with Crippen molar-refractivity contribution in [2.45, 2.75) is 60.0 Å². The number of hydrogen-bond acceptors (Lipinski definition) is 4. The highest BCUT2D eigenvalue weighted by Gasteiger charge is 2.33. The van der Waals surface area contributed by atoms with Crippen molar-refractivity contribution in [1.29, 1.82) is 0 Å². The molecule has 1 aliphatic heterocycles. The number of fused-ring (bicyclic) bond motifs is 1. The van der Waals surface area contributed by atoms with E-state index >= 15 is 0 Å². The van der Waals surface area contributed by atoms with Crippen LogP contribution in [0.25, 0.3) is 0 Å². The third kappa shape index (κ3) is 4.60. The van der Waals surface area contributed by atoms with Crippen LogP contribution >= 0.6 is 0 Å². The minimum absolute atomic E-state index is 0.343. The van der Waals surface area contributed by atoms with Crippen LogP contribution in [0.3, 0.4) is 0 Å². The number of nitrogens with zero attached hydrogens (tertiary/aromatic N) is 2. The molecule has 0 amide bonds. The topological polar surface area (TPSA) is 24.9 Å². The molecule has 4 nitrogen and oxygen atoms in total. The Morgan fingerprint density at radius 2 is 1.78 bits per heavy atom. The standard InChI is InChI=1S/C23H36N2O2/c1-16(2)20-8-7-17(3)23(13-20)27-15-25-14-24(9-10-26-6)21-11-18(4)19(5)12-22(21)25/h11-12,16-17,20,23H,7-10,13,15H2,1-6H3/t17-,20+,23-/m0/s1. The van der Waals surface area contributed by atoms with Gasteiger partial charge in [-0.15, -0.1) is 0 Å². The van der Waals surface area contributed by atoms with E-state index in [1.165, 1.54) is 41.8 Å². The minimum Gasteiger partial charge on any atom is -0.383 e. The van der Waals surface area contributed by atoms with Gasteiger partial charge in [-0.25, -0.2) is 0 Å². The lowest BCUT2D eigenvalue weighted by molar-refractivity contribution is -0.0250. The molecule has 3 atom stereocenters. The van der Waals surface area contributed by atoms with Gasteiger partial charge in [0.1, 0.15) is 6.73 Å². The summed E-state index contributed by atoms with van der Waals surface area (Å²) in [6.07, 6.45) is 4.14. The summed E-state index contributed by atoms with van der Waals surface area (Å²) in [7, 11) is 1.74. The van der Waals surface area contributed by atoms with Crippen LogP contribution in [0.4, 0.5) is 11.4 Å². The first-order valence-electron chi connectivity index (χ1n) is 10.4. The van der Waals surface area contributed by atoms with Gasteiger partial charge in [-0.2, -0.15) is 0 Å². The van der Waals surface area contributed by atoms with Gasteiger partial charge < -0.3 is 19.3 Å². The normalized spacial score (nSPS) is 25.4. The van der Waals surface area contributed by atoms with Crippen molar-refractivity contribution in [2.75, 3.05) is 36.8 Å². The van der Waals surface area contributed by atoms with Crippen LogP contribution in [0, 0.1) is 38.3 Å². The zero-order valence-corrected chi connectivity index (χ0v) is 17.9. The van der Waals surface area contributed by atoms with Crippen molar-refractivity contribution in [3.05, 3.63) is 29.9 Å². The third-order valence-corrected chi connectivity index (χ3v) is 6.46. The van der Waals surface area contributed by atoms with Gasteiger partial charge in [0, 0.05) is 13.7 Å². The van der Waals surface area contributed by atoms with E-state index in [1.54, 1.807) is 7.11 Å². The van der Waals surface area contributed by atoms with E-state index in [2.05, 4.69) is 63.2 Å². The molecule has 4 heteroatoms. The van der Waals surface area contributed by atoms with Gasteiger partial charge in [-0.05, 0) is 74.1 Å². The Kier molecular flexibility index (Phi) is 6.69. The summed E-state index contributed by atoms with van der Waals surface area (Å²) in [6, 6.07) is 4.51. The second-order valence-electron chi connectivity index (χ2n) is 8.73. The molecule has 1 aliphatic carbocycles. The summed E-state index contributed by atoms with van der Waals surface area (Å²) in [5, 5.41) is 0. The summed E-state index contributed by atoms with van der Waals surface area (Å²) < 4.78 is 11.7. The molecule has 2 radical (unpaired) electrons. The lowest BCUT2D eigenvalue weighted by atomic mass is 9.76. The fraction of sp³-hybridized carbons (Fsp3) is 0.696. The molecule has 0 N–H and O–H groups in total. The highest BCUT2D eigenvalue weighted by Crippen LogP contribution is 2.41. The second kappa shape index (κ2) is 8.83. The number of benzene rings is 1. The molecule has 1 saturated carbocycles. The number of aryl methyl sites for hydroxylation is 2. The van der Waals surface area contributed by atoms with Crippen LogP contribution in [0.1, 0.15) is 51.2 Å². The minimum atomic E-state index is 0.343. The average Bonchev–Trinajstić information content (AvgIpc) is 2.96. The van der Waals surface area contributed by atoms with Crippen LogP contribution in [-0.4, -0.2) is 33.1 Å². The van der Waals surface area contributed by atoms with Crippen LogP contribution in [-0.2, 0) is 9.47 Å². The lowest BCUT2D eigenvalue weighted by Crippen LogP contribution is -2.36. The molecule has 1 fully saturated rings. The molecular formula is C23H36N2O2. The summed E-state index contributed by atoms with van der Waals surface area (Å²) in [4.78, 5) is 4.30. The monoisotopic (exact) mass is 372 g/mol. The molecule has 0 saturated heterocycles. The van der Waals surface area contributed by atoms with Crippen molar-refractivity contribution in [1.82, 2.24) is 0 Å². The summed E-state index contributed by atoms with van der Waals surface area (Å²) in [5.74, 6) is 2.16. The number of rotatable bonds is 7. The Balaban J connectivity index is 1.69. The maximum Gasteiger partial charge on any atom is 0.210 e. The van der Waals surface area contributed by atoms with Crippen molar-refractivity contribution in [2.24, 2.45) is 17.8 Å². The molecule has 1 aromatic rings. The van der Waals surface area contributed by atoms with E-state index in [0.29, 0.717) is 25.4 Å². The second-order valence-corrected chi connectivity index (χ2v) is 8.73. The Morgan fingerprint density at radius 1 is 1.11 bits per heavy atom. The van der Waals surface area contributed by atoms with Crippen LogP contribution in [0.15, 0.2) is 12.1 Å². The van der Waals surface area contributed by atoms with Gasteiger partial charge in [0.05, 0.1) is 24.1 Å². The van der Waals surface area contributed by atoms with E-state index in [-0.39, 0.29) is 0 Å². The molecule has 1 heterocycles. The van der Waals surface area contributed by atoms with Gasteiger partial charge in [0.15, 0.2) is 0 Å². The summed E-state index contributed by atoms with van der Waals surface area (Å²) in [6.45, 7) is 16.9. The van der Waals surface area contributed by atoms with E-state index < -0.39 is 0 Å². The first-order valence-corrected chi connectivity index (χ1v) is 10.4. The number of methoxy groups -OCH3 is 1. The summed E-state index contributed by atoms with van der Waals surface area (Å²) >= 11 is 0. The molecule has 0 bridgehead atoms. The first kappa shape index (κ1) is 20.5. The number of ether oxygens (including phenoxy) is 2. The Hall–Kier alpha value is -1.26. The largest absolute Gasteiger partial charge is 0.383 e. The molecule has 1 aromatic carbocycles. The quantitative estimate of drug-likeness (QED) is 0.672. The van der Waals surface area contributed by atoms with E-state index in [9.17, 15) is 0 Å². The van der Waals surface area contributed by atoms with Gasteiger partial charge in [-0.3, -0.25) is 0 Å². The predicted molar refractivity (Wildman–Crippen MR) is 112 cm³/mol. The molecule has 150 valence electrons. The summed E-state index contributed by atoms with van der Waals surface area (Å²) in [5.41, 5.74) is 5.01. The van der Waals surface area contributed by atoms with Gasteiger partial charge in [0.2, 0.25) is 6.67 Å². The van der Waals surface area contributed by atoms with Crippen molar-refractivity contribution >= 4 is 11.4 Å². The number of hydrogen-bond donors (Lipinski definition) is 0. The molecule has 2 aliphatic rings. The maximum absolute atomic E-state index is 6.44. The Morgan fingerprint density at radius 3 is 2.41 bits per heavy atom. The van der Waals surface area contributed by atoms with Crippen molar-refractivity contribution in [3.8, 4) is 0 Å². The lowest BCUT2D eigenvalue weighted by Gasteiger charge is -2.37. The smallest absolute Gasteiger partial charge is 0.210 e. The highest BCUT2D eigenvalue weighted by atomic mass is 16.5. The molecule has 0 unspecified atom stereocenters. The first-order chi connectivity index (χ1) is 12.9. The molecular weight excluding hydrogens is 336 g/mol. The fourth-order valence-corrected chi connectivity index (χ4v) is 4.24. The van der Waals surface area contributed by atoms with E-state index in [0.717, 1.165) is 18.4 Å². The molecule has 27 heavy (non-hydrogen) atoms. The van der Waals surface area contributed by atoms with Crippen LogP contribution in [0.5, 0.6) is 0 Å². The van der Waals surface area contributed by atoms with E-state index in [1.807, 2.05) is 0 Å². The Bertz CT molecular complexity index is 631. The zero-order valence-electron chi connectivity index (χ0n) is 17.9. The number of anilines is 2. The average molecular weight is 373 g/mol. The van der Waals surface area contributed by atoms with Crippen LogP contribution in [0.2, 0.25) is 0 Å². The Labute approximate surface area is 165 Å². The fourth-order valence-electron chi connectivity index (χ4n) is 4.24. The molecule has 0 aromatic heterocycles. The maximum atomic E-state index is 6.44. The van der Waals surface area contributed by atoms with Crippen molar-refractivity contribution < 1.29 is 9.47 Å². The van der Waals surface area contributed by atoms with Gasteiger partial charge in [-0.1, -0.05) is 20.8 Å². The SMILES string of the molecule is COCCN1[C]N(CO[C@H]2C[C@H](C(C)C)CC[C@@H]2C)c2cc(C)c(C)cc21. The predicted octanol–water partition coefficient (Wildman–Crippen LogP) is 5.01. The van der Waals surface area contributed by atoms with E-state index in [4.69, 9.17) is 9.47 Å². The molecule has 3 rings (SSSR count).